The van der Waals surface area contributed by atoms with Crippen molar-refractivity contribution in [1.29, 1.82) is 0 Å². The minimum absolute atomic E-state index is 0.107. The fraction of sp³-hybridized carbons (Fsp3) is 0.875. The summed E-state index contributed by atoms with van der Waals surface area (Å²) in [5, 5.41) is 2.88. The number of ether oxygens (including phenoxy) is 1. The van der Waals surface area contributed by atoms with Gasteiger partial charge in [0.1, 0.15) is 0 Å². The standard InChI is InChI=1S/C16H28N2O3/c1-11(2)8-13-10-21-7-6-18(13)15(19)4-5-17-16(20)14-9-12(14)3/h11-14H,4-10H2,1-3H3,(H,17,20)/t12-,13-,14+/m1/s1. The van der Waals surface area contributed by atoms with Gasteiger partial charge in [-0.25, -0.2) is 0 Å². The molecule has 0 aromatic carbocycles. The van der Waals surface area contributed by atoms with E-state index in [1.54, 1.807) is 0 Å². The Labute approximate surface area is 127 Å². The Balaban J connectivity index is 1.73. The van der Waals surface area contributed by atoms with Crippen LogP contribution >= 0.6 is 0 Å². The molecule has 21 heavy (non-hydrogen) atoms. The molecule has 1 saturated heterocycles. The van der Waals surface area contributed by atoms with E-state index in [1.807, 2.05) is 4.90 Å². The maximum Gasteiger partial charge on any atom is 0.224 e. The summed E-state index contributed by atoms with van der Waals surface area (Å²) in [6.07, 6.45) is 2.35. The van der Waals surface area contributed by atoms with Gasteiger partial charge in [0.2, 0.25) is 11.8 Å². The first-order chi connectivity index (χ1) is 9.99. The molecule has 2 aliphatic rings. The van der Waals surface area contributed by atoms with Gasteiger partial charge in [0.15, 0.2) is 0 Å². The summed E-state index contributed by atoms with van der Waals surface area (Å²) in [5.74, 6) is 1.47. The number of nitrogens with zero attached hydrogens (tertiary/aromatic N) is 1. The molecule has 0 bridgehead atoms. The molecule has 120 valence electrons. The van der Waals surface area contributed by atoms with Gasteiger partial charge in [-0.2, -0.15) is 0 Å². The van der Waals surface area contributed by atoms with Gasteiger partial charge in [-0.15, -0.1) is 0 Å². The molecule has 0 aromatic heterocycles. The Morgan fingerprint density at radius 3 is 2.71 bits per heavy atom. The average molecular weight is 296 g/mol. The van der Waals surface area contributed by atoms with Gasteiger partial charge < -0.3 is 15.0 Å². The van der Waals surface area contributed by atoms with Crippen LogP contribution in [0, 0.1) is 17.8 Å². The van der Waals surface area contributed by atoms with E-state index in [4.69, 9.17) is 4.74 Å². The molecule has 1 N–H and O–H groups in total. The molecule has 5 nitrogen and oxygen atoms in total. The third kappa shape index (κ3) is 4.70. The summed E-state index contributed by atoms with van der Waals surface area (Å²) in [6.45, 7) is 8.78. The molecule has 0 aromatic rings. The van der Waals surface area contributed by atoms with Crippen LogP contribution < -0.4 is 5.32 Å². The van der Waals surface area contributed by atoms with Crippen molar-refractivity contribution in [2.75, 3.05) is 26.3 Å². The van der Waals surface area contributed by atoms with Crippen LogP contribution in [0.5, 0.6) is 0 Å². The number of rotatable bonds is 6. The lowest BCUT2D eigenvalue weighted by atomic mass is 10.0. The van der Waals surface area contributed by atoms with Gasteiger partial charge in [0.25, 0.3) is 0 Å². The first-order valence-corrected chi connectivity index (χ1v) is 8.14. The van der Waals surface area contributed by atoms with Crippen LogP contribution in [0.1, 0.15) is 40.0 Å². The Morgan fingerprint density at radius 2 is 2.10 bits per heavy atom. The Bertz CT molecular complexity index is 384. The molecule has 1 aliphatic heterocycles. The maximum absolute atomic E-state index is 12.3. The summed E-state index contributed by atoms with van der Waals surface area (Å²) in [5.41, 5.74) is 0. The van der Waals surface area contributed by atoms with E-state index >= 15 is 0 Å². The van der Waals surface area contributed by atoms with E-state index in [1.165, 1.54) is 0 Å². The van der Waals surface area contributed by atoms with Crippen molar-refractivity contribution in [1.82, 2.24) is 10.2 Å². The number of carbonyl (C=O) groups is 2. The van der Waals surface area contributed by atoms with Crippen molar-refractivity contribution in [3.63, 3.8) is 0 Å². The van der Waals surface area contributed by atoms with Crippen LogP contribution in [0.3, 0.4) is 0 Å². The molecule has 2 rings (SSSR count). The summed E-state index contributed by atoms with van der Waals surface area (Å²) in [4.78, 5) is 26.0. The van der Waals surface area contributed by atoms with E-state index in [9.17, 15) is 9.59 Å². The van der Waals surface area contributed by atoms with Gasteiger partial charge in [0.05, 0.1) is 19.3 Å². The van der Waals surface area contributed by atoms with Crippen LogP contribution in [-0.2, 0) is 14.3 Å². The quantitative estimate of drug-likeness (QED) is 0.806. The van der Waals surface area contributed by atoms with Gasteiger partial charge in [-0.05, 0) is 24.7 Å². The van der Waals surface area contributed by atoms with Crippen LogP contribution in [0.25, 0.3) is 0 Å². The van der Waals surface area contributed by atoms with Gasteiger partial charge in [-0.3, -0.25) is 9.59 Å². The predicted molar refractivity (Wildman–Crippen MR) is 80.7 cm³/mol. The van der Waals surface area contributed by atoms with Crippen molar-refractivity contribution in [3.05, 3.63) is 0 Å². The smallest absolute Gasteiger partial charge is 0.224 e. The SMILES string of the molecule is CC(C)C[C@@H]1COCCN1C(=O)CCNC(=O)[C@H]1C[C@H]1C. The van der Waals surface area contributed by atoms with Crippen LogP contribution in [0.2, 0.25) is 0 Å². The molecule has 0 radical (unpaired) electrons. The highest BCUT2D eigenvalue weighted by Gasteiger charge is 2.38. The van der Waals surface area contributed by atoms with Gasteiger partial charge >= 0.3 is 0 Å². The zero-order valence-electron chi connectivity index (χ0n) is 13.4. The molecule has 1 heterocycles. The van der Waals surface area contributed by atoms with E-state index in [0.29, 0.717) is 44.6 Å². The normalized spacial score (nSPS) is 28.6. The third-order valence-corrected chi connectivity index (χ3v) is 4.38. The Morgan fingerprint density at radius 1 is 1.38 bits per heavy atom. The molecule has 0 unspecified atom stereocenters. The number of morpholine rings is 1. The summed E-state index contributed by atoms with van der Waals surface area (Å²) in [7, 11) is 0. The minimum Gasteiger partial charge on any atom is -0.377 e. The highest BCUT2D eigenvalue weighted by Crippen LogP contribution is 2.37. The highest BCUT2D eigenvalue weighted by molar-refractivity contribution is 5.82. The maximum atomic E-state index is 12.3. The Kier molecular flexibility index (Phi) is 5.62. The van der Waals surface area contributed by atoms with Crippen molar-refractivity contribution < 1.29 is 14.3 Å². The predicted octanol–water partition coefficient (Wildman–Crippen LogP) is 1.42. The highest BCUT2D eigenvalue weighted by atomic mass is 16.5. The first-order valence-electron chi connectivity index (χ1n) is 8.14. The van der Waals surface area contributed by atoms with Crippen LogP contribution in [0.15, 0.2) is 0 Å². The second kappa shape index (κ2) is 7.25. The van der Waals surface area contributed by atoms with E-state index in [-0.39, 0.29) is 23.8 Å². The Hall–Kier alpha value is -1.10. The van der Waals surface area contributed by atoms with Crippen molar-refractivity contribution in [2.24, 2.45) is 17.8 Å². The first kappa shape index (κ1) is 16.3. The number of carbonyl (C=O) groups excluding carboxylic acids is 2. The molecule has 1 aliphatic carbocycles. The summed E-state index contributed by atoms with van der Waals surface area (Å²) in [6, 6.07) is 0.186. The molecule has 0 spiro atoms. The zero-order chi connectivity index (χ0) is 15.4. The van der Waals surface area contributed by atoms with E-state index < -0.39 is 0 Å². The summed E-state index contributed by atoms with van der Waals surface area (Å²) >= 11 is 0. The lowest BCUT2D eigenvalue weighted by Gasteiger charge is -2.36. The minimum atomic E-state index is 0.107. The summed E-state index contributed by atoms with van der Waals surface area (Å²) < 4.78 is 5.49. The van der Waals surface area contributed by atoms with E-state index in [2.05, 4.69) is 26.1 Å². The van der Waals surface area contributed by atoms with Crippen molar-refractivity contribution in [3.8, 4) is 0 Å². The number of hydrogen-bond acceptors (Lipinski definition) is 3. The number of amides is 2. The molecule has 5 heteroatoms. The van der Waals surface area contributed by atoms with Crippen LogP contribution in [0.4, 0.5) is 0 Å². The lowest BCUT2D eigenvalue weighted by molar-refractivity contribution is -0.140. The zero-order valence-corrected chi connectivity index (χ0v) is 13.4. The van der Waals surface area contributed by atoms with Crippen molar-refractivity contribution in [2.45, 2.75) is 46.1 Å². The lowest BCUT2D eigenvalue weighted by Crippen LogP contribution is -2.49. The number of hydrogen-bond donors (Lipinski definition) is 1. The van der Waals surface area contributed by atoms with E-state index in [0.717, 1.165) is 12.8 Å². The number of nitrogens with one attached hydrogen (secondary N) is 1. The monoisotopic (exact) mass is 296 g/mol. The van der Waals surface area contributed by atoms with Gasteiger partial charge in [0, 0.05) is 25.4 Å². The fourth-order valence-corrected chi connectivity index (χ4v) is 2.98. The third-order valence-electron chi connectivity index (χ3n) is 4.38. The van der Waals surface area contributed by atoms with Gasteiger partial charge in [-0.1, -0.05) is 20.8 Å². The molecular weight excluding hydrogens is 268 g/mol. The molecule has 3 atom stereocenters. The van der Waals surface area contributed by atoms with Crippen LogP contribution in [-0.4, -0.2) is 49.1 Å². The average Bonchev–Trinajstić information content (AvgIpc) is 3.15. The molecule has 2 amide bonds. The largest absolute Gasteiger partial charge is 0.377 e. The molecule has 2 fully saturated rings. The molecular formula is C16H28N2O3. The topological polar surface area (TPSA) is 58.6 Å². The van der Waals surface area contributed by atoms with Crippen molar-refractivity contribution >= 4 is 11.8 Å². The second-order valence-corrected chi connectivity index (χ2v) is 6.81. The molecule has 1 saturated carbocycles. The second-order valence-electron chi connectivity index (χ2n) is 6.81. The fourth-order valence-electron chi connectivity index (χ4n) is 2.98.